The van der Waals surface area contributed by atoms with Crippen LogP contribution in [0, 0.1) is 0 Å². The van der Waals surface area contributed by atoms with Gasteiger partial charge in [0, 0.05) is 6.54 Å². The van der Waals surface area contributed by atoms with E-state index in [1.54, 1.807) is 12.1 Å². The predicted octanol–water partition coefficient (Wildman–Crippen LogP) is 1.41. The fourth-order valence-electron chi connectivity index (χ4n) is 1.05. The standard InChI is InChI=1S/C11H17N3O2.HI/c1-8(2)6-13-11(12)14-7-9(15)10-4-3-5-16-10;/h3-5,9,15H,1,6-7H2,2H3,(H3,12,13,14);1H. The van der Waals surface area contributed by atoms with Gasteiger partial charge in [-0.2, -0.15) is 0 Å². The van der Waals surface area contributed by atoms with Crippen molar-refractivity contribution < 1.29 is 9.52 Å². The second kappa shape index (κ2) is 8.13. The van der Waals surface area contributed by atoms with Crippen LogP contribution in [0.5, 0.6) is 0 Å². The van der Waals surface area contributed by atoms with Gasteiger partial charge in [0.1, 0.15) is 11.9 Å². The van der Waals surface area contributed by atoms with Crippen molar-refractivity contribution in [2.24, 2.45) is 10.7 Å². The van der Waals surface area contributed by atoms with Crippen LogP contribution in [0.2, 0.25) is 0 Å². The molecule has 0 spiro atoms. The Morgan fingerprint density at radius 3 is 2.94 bits per heavy atom. The van der Waals surface area contributed by atoms with Gasteiger partial charge in [0.15, 0.2) is 5.96 Å². The van der Waals surface area contributed by atoms with Crippen molar-refractivity contribution in [3.05, 3.63) is 36.3 Å². The molecule has 0 aliphatic heterocycles. The summed E-state index contributed by atoms with van der Waals surface area (Å²) in [4.78, 5) is 3.98. The number of nitrogens with two attached hydrogens (primary N) is 1. The first-order valence-corrected chi connectivity index (χ1v) is 4.99. The van der Waals surface area contributed by atoms with Gasteiger partial charge in [-0.05, 0) is 19.1 Å². The number of guanidine groups is 1. The lowest BCUT2D eigenvalue weighted by Crippen LogP contribution is -2.33. The van der Waals surface area contributed by atoms with E-state index in [0.29, 0.717) is 12.3 Å². The first kappa shape index (κ1) is 16.0. The maximum absolute atomic E-state index is 9.63. The van der Waals surface area contributed by atoms with E-state index in [1.807, 2.05) is 6.92 Å². The molecular weight excluding hydrogens is 333 g/mol. The summed E-state index contributed by atoms with van der Waals surface area (Å²) in [5, 5.41) is 12.5. The molecule has 1 unspecified atom stereocenters. The van der Waals surface area contributed by atoms with Gasteiger partial charge in [0.25, 0.3) is 0 Å². The second-order valence-corrected chi connectivity index (χ2v) is 3.57. The molecule has 96 valence electrons. The van der Waals surface area contributed by atoms with Gasteiger partial charge < -0.3 is 20.6 Å². The van der Waals surface area contributed by atoms with Crippen molar-refractivity contribution in [3.8, 4) is 0 Å². The average molecular weight is 351 g/mol. The summed E-state index contributed by atoms with van der Waals surface area (Å²) in [7, 11) is 0. The van der Waals surface area contributed by atoms with Gasteiger partial charge >= 0.3 is 0 Å². The minimum atomic E-state index is -0.764. The van der Waals surface area contributed by atoms with Gasteiger partial charge in [-0.15, -0.1) is 24.0 Å². The predicted molar refractivity (Wildman–Crippen MR) is 78.4 cm³/mol. The van der Waals surface area contributed by atoms with Crippen molar-refractivity contribution in [1.82, 2.24) is 5.32 Å². The molecule has 0 aliphatic rings. The van der Waals surface area contributed by atoms with Crippen molar-refractivity contribution in [3.63, 3.8) is 0 Å². The number of aliphatic hydroxyl groups excluding tert-OH is 1. The number of aliphatic imine (C=N–C) groups is 1. The van der Waals surface area contributed by atoms with E-state index < -0.39 is 6.10 Å². The van der Waals surface area contributed by atoms with Crippen LogP contribution in [-0.4, -0.2) is 24.2 Å². The van der Waals surface area contributed by atoms with Gasteiger partial charge in [-0.1, -0.05) is 12.2 Å². The lowest BCUT2D eigenvalue weighted by molar-refractivity contribution is 0.158. The monoisotopic (exact) mass is 351 g/mol. The first-order chi connectivity index (χ1) is 7.59. The Kier molecular flexibility index (Phi) is 7.64. The molecule has 0 amide bonds. The number of hydrogen-bond donors (Lipinski definition) is 3. The number of halogens is 1. The van der Waals surface area contributed by atoms with E-state index in [9.17, 15) is 5.11 Å². The number of nitrogens with zero attached hydrogens (tertiary/aromatic N) is 1. The minimum Gasteiger partial charge on any atom is -0.467 e. The summed E-state index contributed by atoms with van der Waals surface area (Å²) in [6.07, 6.45) is 0.741. The van der Waals surface area contributed by atoms with E-state index >= 15 is 0 Å². The first-order valence-electron chi connectivity index (χ1n) is 4.99. The van der Waals surface area contributed by atoms with Crippen molar-refractivity contribution >= 4 is 29.9 Å². The van der Waals surface area contributed by atoms with Crippen LogP contribution in [0.4, 0.5) is 0 Å². The molecule has 0 aliphatic carbocycles. The van der Waals surface area contributed by atoms with Crippen LogP contribution in [0.15, 0.2) is 40.0 Å². The van der Waals surface area contributed by atoms with E-state index in [1.165, 1.54) is 6.26 Å². The van der Waals surface area contributed by atoms with Crippen LogP contribution < -0.4 is 11.1 Å². The van der Waals surface area contributed by atoms with E-state index in [4.69, 9.17) is 10.2 Å². The van der Waals surface area contributed by atoms with Gasteiger partial charge in [-0.3, -0.25) is 4.99 Å². The SMILES string of the molecule is C=C(C)CNC(N)=NCC(O)c1ccco1.I. The van der Waals surface area contributed by atoms with E-state index in [-0.39, 0.29) is 36.5 Å². The molecule has 0 saturated heterocycles. The Labute approximate surface area is 118 Å². The molecule has 0 bridgehead atoms. The summed E-state index contributed by atoms with van der Waals surface area (Å²) in [5.41, 5.74) is 6.54. The highest BCUT2D eigenvalue weighted by Crippen LogP contribution is 2.12. The molecule has 0 fully saturated rings. The Bertz CT molecular complexity index is 363. The van der Waals surface area contributed by atoms with Crippen LogP contribution in [-0.2, 0) is 0 Å². The maximum Gasteiger partial charge on any atom is 0.188 e. The second-order valence-electron chi connectivity index (χ2n) is 3.57. The van der Waals surface area contributed by atoms with Crippen molar-refractivity contribution in [2.75, 3.05) is 13.1 Å². The van der Waals surface area contributed by atoms with Crippen LogP contribution in [0.3, 0.4) is 0 Å². The molecule has 0 saturated carbocycles. The summed E-state index contributed by atoms with van der Waals surface area (Å²) in [6, 6.07) is 3.41. The Morgan fingerprint density at radius 2 is 2.41 bits per heavy atom. The van der Waals surface area contributed by atoms with Crippen molar-refractivity contribution in [2.45, 2.75) is 13.0 Å². The lowest BCUT2D eigenvalue weighted by Gasteiger charge is -2.07. The third kappa shape index (κ3) is 6.32. The molecule has 1 rings (SSSR count). The highest BCUT2D eigenvalue weighted by molar-refractivity contribution is 14.0. The zero-order valence-electron chi connectivity index (χ0n) is 9.72. The lowest BCUT2D eigenvalue weighted by atomic mass is 10.3. The summed E-state index contributed by atoms with van der Waals surface area (Å²) < 4.78 is 5.03. The third-order valence-corrected chi connectivity index (χ3v) is 1.88. The molecule has 0 aromatic carbocycles. The molecule has 17 heavy (non-hydrogen) atoms. The number of furan rings is 1. The highest BCUT2D eigenvalue weighted by Gasteiger charge is 2.08. The Morgan fingerprint density at radius 1 is 1.71 bits per heavy atom. The molecule has 4 N–H and O–H groups in total. The van der Waals surface area contributed by atoms with Crippen LogP contribution >= 0.6 is 24.0 Å². The Balaban J connectivity index is 0.00000256. The number of nitrogens with one attached hydrogen (secondary N) is 1. The normalized spacial score (nSPS) is 12.7. The van der Waals surface area contributed by atoms with Crippen LogP contribution in [0.1, 0.15) is 18.8 Å². The molecule has 1 aromatic heterocycles. The smallest absolute Gasteiger partial charge is 0.188 e. The molecule has 1 aromatic rings. The molecule has 0 radical (unpaired) electrons. The van der Waals surface area contributed by atoms with Crippen molar-refractivity contribution in [1.29, 1.82) is 0 Å². The molecule has 6 heteroatoms. The fourth-order valence-corrected chi connectivity index (χ4v) is 1.05. The van der Waals surface area contributed by atoms with Gasteiger partial charge in [0.2, 0.25) is 0 Å². The molecule has 1 heterocycles. The number of rotatable bonds is 5. The van der Waals surface area contributed by atoms with Gasteiger partial charge in [-0.25, -0.2) is 0 Å². The number of aliphatic hydroxyl groups is 1. The molecular formula is C11H18IN3O2. The van der Waals surface area contributed by atoms with Crippen LogP contribution in [0.25, 0.3) is 0 Å². The quantitative estimate of drug-likeness (QED) is 0.324. The minimum absolute atomic E-state index is 0. The van der Waals surface area contributed by atoms with E-state index in [2.05, 4.69) is 16.9 Å². The largest absolute Gasteiger partial charge is 0.467 e. The fraction of sp³-hybridized carbons (Fsp3) is 0.364. The molecule has 1 atom stereocenters. The van der Waals surface area contributed by atoms with E-state index in [0.717, 1.165) is 5.57 Å². The summed E-state index contributed by atoms with van der Waals surface area (Å²) >= 11 is 0. The average Bonchev–Trinajstić information content (AvgIpc) is 2.76. The number of hydrogen-bond acceptors (Lipinski definition) is 3. The maximum atomic E-state index is 9.63. The Hall–Kier alpha value is -1.02. The zero-order chi connectivity index (χ0) is 12.0. The summed E-state index contributed by atoms with van der Waals surface area (Å²) in [6.45, 7) is 6.36. The highest BCUT2D eigenvalue weighted by atomic mass is 127. The zero-order valence-corrected chi connectivity index (χ0v) is 12.0. The third-order valence-electron chi connectivity index (χ3n) is 1.88. The topological polar surface area (TPSA) is 83.8 Å². The van der Waals surface area contributed by atoms with Gasteiger partial charge in [0.05, 0.1) is 12.8 Å². The summed E-state index contributed by atoms with van der Waals surface area (Å²) in [5.74, 6) is 0.769. The molecule has 5 nitrogen and oxygen atoms in total.